The van der Waals surface area contributed by atoms with Crippen molar-refractivity contribution in [3.8, 4) is 0 Å². The van der Waals surface area contributed by atoms with Crippen LogP contribution in [0.4, 0.5) is 0 Å². The number of nitrogens with zero attached hydrogens (tertiary/aromatic N) is 1. The summed E-state index contributed by atoms with van der Waals surface area (Å²) in [5.74, 6) is 6.18. The minimum absolute atomic E-state index is 0.471. The van der Waals surface area contributed by atoms with E-state index in [1.165, 1.54) is 32.1 Å². The molecule has 3 nitrogen and oxygen atoms in total. The fraction of sp³-hybridized carbons (Fsp3) is 0.857. The fourth-order valence-corrected chi connectivity index (χ4v) is 1.50. The minimum atomic E-state index is 0.471. The molecular formula is C7H15N3. The van der Waals surface area contributed by atoms with Crippen LogP contribution >= 0.6 is 0 Å². The van der Waals surface area contributed by atoms with Gasteiger partial charge in [0.15, 0.2) is 0 Å². The van der Waals surface area contributed by atoms with E-state index in [2.05, 4.69) is 5.10 Å². The number of rotatable bonds is 1. The second-order valence-corrected chi connectivity index (χ2v) is 2.89. The third-order valence-corrected chi connectivity index (χ3v) is 2.17. The molecule has 0 aromatic heterocycles. The van der Waals surface area contributed by atoms with Crippen molar-refractivity contribution in [3.05, 3.63) is 0 Å². The lowest BCUT2D eigenvalue weighted by molar-refractivity contribution is 0.436. The van der Waals surface area contributed by atoms with Gasteiger partial charge >= 0.3 is 0 Å². The zero-order valence-corrected chi connectivity index (χ0v) is 6.21. The van der Waals surface area contributed by atoms with Crippen LogP contribution in [-0.2, 0) is 0 Å². The third-order valence-electron chi connectivity index (χ3n) is 2.17. The Balaban J connectivity index is 2.39. The van der Waals surface area contributed by atoms with E-state index in [1.54, 1.807) is 0 Å². The predicted octanol–water partition coefficient (Wildman–Crippen LogP) is 0.798. The van der Waals surface area contributed by atoms with Crippen molar-refractivity contribution in [1.82, 2.24) is 0 Å². The highest BCUT2D eigenvalue weighted by atomic mass is 15.2. The smallest absolute Gasteiger partial charge is 0.122 e. The molecule has 3 heteroatoms. The van der Waals surface area contributed by atoms with Gasteiger partial charge in [0.05, 0.1) is 0 Å². The molecule has 0 aliphatic heterocycles. The summed E-state index contributed by atoms with van der Waals surface area (Å²) in [5.41, 5.74) is 5.57. The minimum Gasteiger partial charge on any atom is -0.386 e. The summed E-state index contributed by atoms with van der Waals surface area (Å²) < 4.78 is 0. The van der Waals surface area contributed by atoms with Crippen molar-refractivity contribution >= 4 is 5.84 Å². The van der Waals surface area contributed by atoms with Crippen molar-refractivity contribution in [3.63, 3.8) is 0 Å². The quantitative estimate of drug-likeness (QED) is 0.245. The molecule has 4 N–H and O–H groups in total. The van der Waals surface area contributed by atoms with E-state index < -0.39 is 0 Å². The average molecular weight is 141 g/mol. The Labute approximate surface area is 61.5 Å². The average Bonchev–Trinajstić information content (AvgIpc) is 2.05. The summed E-state index contributed by atoms with van der Waals surface area (Å²) in [5, 5.41) is 3.51. The number of hydrogen-bond donors (Lipinski definition) is 2. The summed E-state index contributed by atoms with van der Waals surface area (Å²) in [6.07, 6.45) is 6.25. The lowest BCUT2D eigenvalue weighted by Gasteiger charge is -2.19. The van der Waals surface area contributed by atoms with Crippen LogP contribution in [0.15, 0.2) is 5.10 Å². The maximum atomic E-state index is 5.57. The van der Waals surface area contributed by atoms with E-state index in [9.17, 15) is 0 Å². The van der Waals surface area contributed by atoms with Gasteiger partial charge in [-0.25, -0.2) is 0 Å². The summed E-state index contributed by atoms with van der Waals surface area (Å²) in [7, 11) is 0. The molecule has 1 saturated carbocycles. The highest BCUT2D eigenvalue weighted by Gasteiger charge is 2.16. The van der Waals surface area contributed by atoms with Gasteiger partial charge in [0, 0.05) is 5.92 Å². The van der Waals surface area contributed by atoms with Crippen LogP contribution in [0.5, 0.6) is 0 Å². The van der Waals surface area contributed by atoms with Gasteiger partial charge in [-0.1, -0.05) is 19.3 Å². The van der Waals surface area contributed by atoms with E-state index in [4.69, 9.17) is 11.6 Å². The molecule has 0 amide bonds. The first-order valence-corrected chi connectivity index (χ1v) is 3.88. The Bertz CT molecular complexity index is 125. The Morgan fingerprint density at radius 3 is 2.30 bits per heavy atom. The Kier molecular flexibility index (Phi) is 2.54. The topological polar surface area (TPSA) is 64.4 Å². The number of amidine groups is 1. The highest BCUT2D eigenvalue weighted by molar-refractivity contribution is 5.82. The second-order valence-electron chi connectivity index (χ2n) is 2.89. The van der Waals surface area contributed by atoms with Crippen molar-refractivity contribution in [2.24, 2.45) is 22.6 Å². The third kappa shape index (κ3) is 1.62. The fourth-order valence-electron chi connectivity index (χ4n) is 1.50. The predicted molar refractivity (Wildman–Crippen MR) is 42.4 cm³/mol. The van der Waals surface area contributed by atoms with Gasteiger partial charge in [0.25, 0.3) is 0 Å². The molecule has 0 aromatic carbocycles. The van der Waals surface area contributed by atoms with E-state index in [0.29, 0.717) is 11.8 Å². The molecule has 0 bridgehead atoms. The molecule has 1 aliphatic rings. The van der Waals surface area contributed by atoms with Crippen LogP contribution in [-0.4, -0.2) is 5.84 Å². The molecule has 10 heavy (non-hydrogen) atoms. The van der Waals surface area contributed by atoms with Gasteiger partial charge in [-0.3, -0.25) is 0 Å². The first kappa shape index (κ1) is 7.38. The lowest BCUT2D eigenvalue weighted by Crippen LogP contribution is -2.26. The molecule has 1 rings (SSSR count). The zero-order chi connectivity index (χ0) is 7.40. The van der Waals surface area contributed by atoms with Gasteiger partial charge in [-0.2, -0.15) is 5.10 Å². The molecule has 1 fully saturated rings. The summed E-state index contributed by atoms with van der Waals surface area (Å²) in [6.45, 7) is 0. The van der Waals surface area contributed by atoms with Crippen LogP contribution in [0, 0.1) is 5.92 Å². The molecule has 0 atom stereocenters. The monoisotopic (exact) mass is 141 g/mol. The maximum Gasteiger partial charge on any atom is 0.122 e. The standard InChI is InChI=1S/C7H15N3/c8-7(10-9)6-4-2-1-3-5-6/h6H,1-5,9H2,(H2,8,10). The lowest BCUT2D eigenvalue weighted by atomic mass is 9.89. The summed E-state index contributed by atoms with van der Waals surface area (Å²) in [4.78, 5) is 0. The zero-order valence-electron chi connectivity index (χ0n) is 6.21. The number of hydrogen-bond acceptors (Lipinski definition) is 2. The van der Waals surface area contributed by atoms with E-state index in [0.717, 1.165) is 0 Å². The van der Waals surface area contributed by atoms with Crippen LogP contribution in [0.3, 0.4) is 0 Å². The summed E-state index contributed by atoms with van der Waals surface area (Å²) in [6, 6.07) is 0. The number of hydrazone groups is 1. The second kappa shape index (κ2) is 3.44. The van der Waals surface area contributed by atoms with E-state index in [-0.39, 0.29) is 0 Å². The van der Waals surface area contributed by atoms with Crippen molar-refractivity contribution in [2.75, 3.05) is 0 Å². The van der Waals surface area contributed by atoms with Crippen LogP contribution in [0.2, 0.25) is 0 Å². The van der Waals surface area contributed by atoms with Crippen LogP contribution in [0.25, 0.3) is 0 Å². The molecule has 0 saturated heterocycles. The Morgan fingerprint density at radius 2 is 1.80 bits per heavy atom. The first-order chi connectivity index (χ1) is 4.84. The largest absolute Gasteiger partial charge is 0.386 e. The SMILES string of the molecule is N/N=C(/N)C1CCCCC1. The van der Waals surface area contributed by atoms with Gasteiger partial charge < -0.3 is 11.6 Å². The Morgan fingerprint density at radius 1 is 1.20 bits per heavy atom. The molecule has 1 aliphatic carbocycles. The molecule has 0 aromatic rings. The first-order valence-electron chi connectivity index (χ1n) is 3.88. The molecule has 58 valence electrons. The van der Waals surface area contributed by atoms with Gasteiger partial charge in [0.2, 0.25) is 0 Å². The molecule has 0 radical (unpaired) electrons. The Hall–Kier alpha value is -0.730. The normalized spacial score (nSPS) is 23.0. The van der Waals surface area contributed by atoms with Crippen LogP contribution < -0.4 is 11.6 Å². The van der Waals surface area contributed by atoms with Gasteiger partial charge in [-0.15, -0.1) is 0 Å². The van der Waals surface area contributed by atoms with Crippen molar-refractivity contribution in [2.45, 2.75) is 32.1 Å². The number of nitrogens with two attached hydrogens (primary N) is 2. The molecule has 0 unspecified atom stereocenters. The highest BCUT2D eigenvalue weighted by Crippen LogP contribution is 2.23. The van der Waals surface area contributed by atoms with Crippen molar-refractivity contribution in [1.29, 1.82) is 0 Å². The van der Waals surface area contributed by atoms with Gasteiger partial charge in [0.1, 0.15) is 5.84 Å². The molecule has 0 heterocycles. The molecule has 0 spiro atoms. The van der Waals surface area contributed by atoms with E-state index in [1.807, 2.05) is 0 Å². The summed E-state index contributed by atoms with van der Waals surface area (Å²) >= 11 is 0. The van der Waals surface area contributed by atoms with Crippen molar-refractivity contribution < 1.29 is 0 Å². The maximum absolute atomic E-state index is 5.57. The molecular weight excluding hydrogens is 126 g/mol. The van der Waals surface area contributed by atoms with E-state index >= 15 is 0 Å². The van der Waals surface area contributed by atoms with Gasteiger partial charge in [-0.05, 0) is 12.8 Å². The van der Waals surface area contributed by atoms with Crippen LogP contribution in [0.1, 0.15) is 32.1 Å².